The summed E-state index contributed by atoms with van der Waals surface area (Å²) in [5.74, 6) is -0.373. The summed E-state index contributed by atoms with van der Waals surface area (Å²) in [6.45, 7) is 5.07. The van der Waals surface area contributed by atoms with E-state index in [0.717, 1.165) is 31.8 Å². The second-order valence-corrected chi connectivity index (χ2v) is 5.00. The number of halogens is 1. The molecule has 2 heterocycles. The minimum atomic E-state index is -0.493. The molecule has 2 rings (SSSR count). The van der Waals surface area contributed by atoms with Gasteiger partial charge in [0.05, 0.1) is 18.9 Å². The molecule has 1 aliphatic heterocycles. The lowest BCUT2D eigenvalue weighted by Gasteiger charge is -2.33. The molecule has 0 bridgehead atoms. The number of ether oxygens (including phenoxy) is 1. The van der Waals surface area contributed by atoms with E-state index in [0.29, 0.717) is 6.54 Å². The molecule has 0 spiro atoms. The first-order valence-electron chi connectivity index (χ1n) is 6.49. The van der Waals surface area contributed by atoms with Crippen LogP contribution in [-0.4, -0.2) is 40.0 Å². The molecule has 0 saturated carbocycles. The summed E-state index contributed by atoms with van der Waals surface area (Å²) < 4.78 is 18.3. The number of nitrogens with zero attached hydrogens (tertiary/aromatic N) is 3. The molecule has 19 heavy (non-hydrogen) atoms. The van der Waals surface area contributed by atoms with Gasteiger partial charge in [0.15, 0.2) is 5.82 Å². The van der Waals surface area contributed by atoms with Crippen molar-refractivity contribution in [2.45, 2.75) is 32.8 Å². The third-order valence-electron chi connectivity index (χ3n) is 3.05. The molecule has 1 saturated heterocycles. The SMILES string of the molecule is CC(C)C(=O)N1CCCC(Oc2ncc(F)cn2)C1. The van der Waals surface area contributed by atoms with Crippen LogP contribution in [0.5, 0.6) is 6.01 Å². The zero-order chi connectivity index (χ0) is 13.8. The fourth-order valence-corrected chi connectivity index (χ4v) is 2.11. The minimum Gasteiger partial charge on any atom is -0.458 e. The first kappa shape index (κ1) is 13.7. The lowest BCUT2D eigenvalue weighted by atomic mass is 10.1. The Bertz CT molecular complexity index is 436. The van der Waals surface area contributed by atoms with Crippen LogP contribution in [0.1, 0.15) is 26.7 Å². The van der Waals surface area contributed by atoms with Gasteiger partial charge in [0.1, 0.15) is 6.10 Å². The van der Waals surface area contributed by atoms with Gasteiger partial charge in [0, 0.05) is 12.5 Å². The third-order valence-corrected chi connectivity index (χ3v) is 3.05. The van der Waals surface area contributed by atoms with E-state index < -0.39 is 5.82 Å². The van der Waals surface area contributed by atoms with Gasteiger partial charge in [-0.2, -0.15) is 0 Å². The number of amides is 1. The minimum absolute atomic E-state index is 0.0131. The van der Waals surface area contributed by atoms with Gasteiger partial charge in [-0.1, -0.05) is 13.8 Å². The first-order chi connectivity index (χ1) is 9.06. The number of carbonyl (C=O) groups is 1. The van der Waals surface area contributed by atoms with Gasteiger partial charge in [0.2, 0.25) is 5.91 Å². The van der Waals surface area contributed by atoms with Crippen molar-refractivity contribution in [1.29, 1.82) is 0 Å². The Morgan fingerprint density at radius 3 is 2.79 bits per heavy atom. The van der Waals surface area contributed by atoms with Crippen molar-refractivity contribution in [1.82, 2.24) is 14.9 Å². The van der Waals surface area contributed by atoms with E-state index in [1.807, 2.05) is 18.7 Å². The monoisotopic (exact) mass is 267 g/mol. The van der Waals surface area contributed by atoms with Crippen LogP contribution >= 0.6 is 0 Å². The predicted octanol–water partition coefficient (Wildman–Crippen LogP) is 1.64. The molecule has 0 aliphatic carbocycles. The van der Waals surface area contributed by atoms with Crippen molar-refractivity contribution >= 4 is 5.91 Å². The first-order valence-corrected chi connectivity index (χ1v) is 6.49. The van der Waals surface area contributed by atoms with Crippen LogP contribution in [0.15, 0.2) is 12.4 Å². The molecular weight excluding hydrogens is 249 g/mol. The molecule has 1 unspecified atom stereocenters. The van der Waals surface area contributed by atoms with E-state index in [9.17, 15) is 9.18 Å². The molecule has 1 atom stereocenters. The number of aromatic nitrogens is 2. The highest BCUT2D eigenvalue weighted by molar-refractivity contribution is 5.78. The number of rotatable bonds is 3. The molecule has 1 aliphatic rings. The normalized spacial score (nSPS) is 19.6. The summed E-state index contributed by atoms with van der Waals surface area (Å²) >= 11 is 0. The van der Waals surface area contributed by atoms with E-state index in [-0.39, 0.29) is 23.9 Å². The molecule has 6 heteroatoms. The van der Waals surface area contributed by atoms with Crippen molar-refractivity contribution in [3.8, 4) is 6.01 Å². The fraction of sp³-hybridized carbons (Fsp3) is 0.615. The van der Waals surface area contributed by atoms with Crippen LogP contribution in [-0.2, 0) is 4.79 Å². The average Bonchev–Trinajstić information content (AvgIpc) is 2.41. The maximum atomic E-state index is 12.7. The average molecular weight is 267 g/mol. The summed E-state index contributed by atoms with van der Waals surface area (Å²) in [4.78, 5) is 21.3. The maximum Gasteiger partial charge on any atom is 0.316 e. The van der Waals surface area contributed by atoms with Gasteiger partial charge in [-0.25, -0.2) is 14.4 Å². The maximum absolute atomic E-state index is 12.7. The number of likely N-dealkylation sites (tertiary alicyclic amines) is 1. The summed E-state index contributed by atoms with van der Waals surface area (Å²) in [5, 5.41) is 0. The van der Waals surface area contributed by atoms with Crippen LogP contribution in [0.2, 0.25) is 0 Å². The van der Waals surface area contributed by atoms with Gasteiger partial charge >= 0.3 is 6.01 Å². The van der Waals surface area contributed by atoms with Gasteiger partial charge in [-0.05, 0) is 12.8 Å². The number of carbonyl (C=O) groups excluding carboxylic acids is 1. The summed E-state index contributed by atoms with van der Waals surface area (Å²) in [5.41, 5.74) is 0. The smallest absolute Gasteiger partial charge is 0.316 e. The summed E-state index contributed by atoms with van der Waals surface area (Å²) in [6, 6.07) is 0.158. The topological polar surface area (TPSA) is 55.3 Å². The highest BCUT2D eigenvalue weighted by atomic mass is 19.1. The van der Waals surface area contributed by atoms with Crippen molar-refractivity contribution in [2.75, 3.05) is 13.1 Å². The Morgan fingerprint density at radius 1 is 1.47 bits per heavy atom. The quantitative estimate of drug-likeness (QED) is 0.835. The molecule has 5 nitrogen and oxygen atoms in total. The van der Waals surface area contributed by atoms with E-state index >= 15 is 0 Å². The molecule has 0 radical (unpaired) electrons. The van der Waals surface area contributed by atoms with Gasteiger partial charge in [-0.3, -0.25) is 4.79 Å². The Morgan fingerprint density at radius 2 is 2.16 bits per heavy atom. The number of hydrogen-bond acceptors (Lipinski definition) is 4. The van der Waals surface area contributed by atoms with E-state index in [4.69, 9.17) is 4.74 Å². The lowest BCUT2D eigenvalue weighted by Crippen LogP contribution is -2.46. The standard InChI is InChI=1S/C13H18FN3O2/c1-9(2)12(18)17-5-3-4-11(8-17)19-13-15-6-10(14)7-16-13/h6-7,9,11H,3-5,8H2,1-2H3. The highest BCUT2D eigenvalue weighted by Crippen LogP contribution is 2.17. The Kier molecular flexibility index (Phi) is 4.29. The second kappa shape index (κ2) is 5.95. The molecule has 0 N–H and O–H groups in total. The molecule has 1 aromatic heterocycles. The molecular formula is C13H18FN3O2. The van der Waals surface area contributed by atoms with Crippen LogP contribution in [0, 0.1) is 11.7 Å². The van der Waals surface area contributed by atoms with Crippen LogP contribution in [0.4, 0.5) is 4.39 Å². The predicted molar refractivity (Wildman–Crippen MR) is 67.1 cm³/mol. The van der Waals surface area contributed by atoms with Crippen LogP contribution < -0.4 is 4.74 Å². The number of hydrogen-bond donors (Lipinski definition) is 0. The summed E-state index contributed by atoms with van der Waals surface area (Å²) in [7, 11) is 0. The van der Waals surface area contributed by atoms with Gasteiger partial charge in [-0.15, -0.1) is 0 Å². The third kappa shape index (κ3) is 3.62. The largest absolute Gasteiger partial charge is 0.458 e. The Hall–Kier alpha value is -1.72. The zero-order valence-corrected chi connectivity index (χ0v) is 11.2. The lowest BCUT2D eigenvalue weighted by molar-refractivity contribution is -0.137. The Balaban J connectivity index is 1.94. The fourth-order valence-electron chi connectivity index (χ4n) is 2.11. The van der Waals surface area contributed by atoms with Crippen LogP contribution in [0.25, 0.3) is 0 Å². The van der Waals surface area contributed by atoms with Crippen molar-refractivity contribution < 1.29 is 13.9 Å². The molecule has 0 aromatic carbocycles. The molecule has 1 fully saturated rings. The molecule has 1 aromatic rings. The summed E-state index contributed by atoms with van der Waals surface area (Å²) in [6.07, 6.45) is 3.76. The van der Waals surface area contributed by atoms with Gasteiger partial charge < -0.3 is 9.64 Å². The zero-order valence-electron chi connectivity index (χ0n) is 11.2. The number of piperidine rings is 1. The van der Waals surface area contributed by atoms with Crippen molar-refractivity contribution in [3.05, 3.63) is 18.2 Å². The van der Waals surface area contributed by atoms with Gasteiger partial charge in [0.25, 0.3) is 0 Å². The molecule has 1 amide bonds. The van der Waals surface area contributed by atoms with E-state index in [1.165, 1.54) is 0 Å². The van der Waals surface area contributed by atoms with Crippen LogP contribution in [0.3, 0.4) is 0 Å². The van der Waals surface area contributed by atoms with Crippen molar-refractivity contribution in [3.63, 3.8) is 0 Å². The van der Waals surface area contributed by atoms with E-state index in [1.54, 1.807) is 0 Å². The Labute approximate surface area is 111 Å². The second-order valence-electron chi connectivity index (χ2n) is 5.00. The molecule has 104 valence electrons. The highest BCUT2D eigenvalue weighted by Gasteiger charge is 2.26. The van der Waals surface area contributed by atoms with Crippen molar-refractivity contribution in [2.24, 2.45) is 5.92 Å². The van der Waals surface area contributed by atoms with E-state index in [2.05, 4.69) is 9.97 Å².